The molecule has 2 radical (unpaired) electrons. The fourth-order valence-electron chi connectivity index (χ4n) is 4.51. The van der Waals surface area contributed by atoms with Crippen LogP contribution in [0.2, 0.25) is 0 Å². The molecule has 1 aliphatic carbocycles. The van der Waals surface area contributed by atoms with Crippen molar-refractivity contribution in [1.29, 1.82) is 0 Å². The predicted molar refractivity (Wildman–Crippen MR) is 176 cm³/mol. The van der Waals surface area contributed by atoms with E-state index < -0.39 is 0 Å². The van der Waals surface area contributed by atoms with Gasteiger partial charge >= 0.3 is 21.7 Å². The van der Waals surface area contributed by atoms with Crippen molar-refractivity contribution in [2.75, 3.05) is 0 Å². The molecule has 206 valence electrons. The van der Waals surface area contributed by atoms with Gasteiger partial charge in [-0.15, -0.1) is 36.4 Å². The molecule has 0 spiro atoms. The maximum absolute atomic E-state index is 3.72. The van der Waals surface area contributed by atoms with E-state index in [-0.39, 0.29) is 21.7 Å². The van der Waals surface area contributed by atoms with Crippen LogP contribution < -0.4 is 5.19 Å². The molecule has 1 aliphatic rings. The molecule has 0 N–H and O–H groups in total. The Morgan fingerprint density at radius 2 is 1.10 bits per heavy atom. The van der Waals surface area contributed by atoms with Crippen LogP contribution in [0.3, 0.4) is 0 Å². The van der Waals surface area contributed by atoms with Gasteiger partial charge in [-0.1, -0.05) is 73.3 Å². The molecular formula is C39H42SiTi. The van der Waals surface area contributed by atoms with Gasteiger partial charge in [0.05, 0.1) is 9.52 Å². The van der Waals surface area contributed by atoms with Crippen molar-refractivity contribution in [3.05, 3.63) is 187 Å². The maximum atomic E-state index is 3.72. The van der Waals surface area contributed by atoms with Crippen LogP contribution in [0.5, 0.6) is 0 Å². The number of hydrogen-bond acceptors (Lipinski definition) is 0. The molecule has 6 rings (SSSR count). The van der Waals surface area contributed by atoms with E-state index in [1.165, 1.54) is 42.9 Å². The molecule has 0 heterocycles. The average molecular weight is 587 g/mol. The SMILES string of the molecule is Cc1cccc([Si]C[c-]2ccc3c2CCCC3)c1C.[CH2-]c1ccccc1.[CH2-]c1ccccc1.[CH2-]c1ccccc1.[Ti+4]. The van der Waals surface area contributed by atoms with E-state index in [1.807, 2.05) is 91.0 Å². The summed E-state index contributed by atoms with van der Waals surface area (Å²) in [6.45, 7) is 15.6. The molecule has 0 bridgehead atoms. The Bertz CT molecular complexity index is 1280. The molecule has 2 heteroatoms. The Labute approximate surface area is 267 Å². The van der Waals surface area contributed by atoms with Crippen LogP contribution in [0, 0.1) is 34.6 Å². The van der Waals surface area contributed by atoms with E-state index in [0.29, 0.717) is 0 Å². The first kappa shape index (κ1) is 34.0. The van der Waals surface area contributed by atoms with Gasteiger partial charge < -0.3 is 0 Å². The molecule has 0 fully saturated rings. The third-order valence-corrected chi connectivity index (χ3v) is 8.47. The van der Waals surface area contributed by atoms with Gasteiger partial charge in [-0.2, -0.15) is 96.6 Å². The van der Waals surface area contributed by atoms with Crippen molar-refractivity contribution in [1.82, 2.24) is 0 Å². The van der Waals surface area contributed by atoms with Crippen molar-refractivity contribution in [2.24, 2.45) is 0 Å². The summed E-state index contributed by atoms with van der Waals surface area (Å²) in [7, 11) is 0.915. The van der Waals surface area contributed by atoms with Crippen LogP contribution in [0.25, 0.3) is 0 Å². The zero-order valence-corrected chi connectivity index (χ0v) is 27.3. The van der Waals surface area contributed by atoms with Crippen molar-refractivity contribution in [3.63, 3.8) is 0 Å². The van der Waals surface area contributed by atoms with Gasteiger partial charge in [-0.3, -0.25) is 0 Å². The Morgan fingerprint density at radius 1 is 0.610 bits per heavy atom. The molecule has 41 heavy (non-hydrogen) atoms. The first-order valence-electron chi connectivity index (χ1n) is 14.1. The van der Waals surface area contributed by atoms with Crippen LogP contribution in [-0.2, 0) is 40.6 Å². The minimum atomic E-state index is 0. The van der Waals surface area contributed by atoms with Crippen LogP contribution in [-0.4, -0.2) is 9.52 Å². The zero-order chi connectivity index (χ0) is 28.6. The number of fused-ring (bicyclic) bond motifs is 1. The molecule has 0 atom stereocenters. The van der Waals surface area contributed by atoms with Gasteiger partial charge in [0, 0.05) is 0 Å². The smallest absolute Gasteiger partial charge is 0.210 e. The predicted octanol–water partition coefficient (Wildman–Crippen LogP) is 9.03. The maximum Gasteiger partial charge on any atom is 4.00 e. The van der Waals surface area contributed by atoms with Crippen LogP contribution in [0.4, 0.5) is 0 Å². The van der Waals surface area contributed by atoms with Crippen molar-refractivity contribution in [2.45, 2.75) is 45.6 Å². The third-order valence-electron chi connectivity index (χ3n) is 6.99. The van der Waals surface area contributed by atoms with Gasteiger partial charge in [0.15, 0.2) is 0 Å². The van der Waals surface area contributed by atoms with E-state index in [0.717, 1.165) is 26.2 Å². The molecule has 0 aromatic heterocycles. The third kappa shape index (κ3) is 12.4. The number of benzene rings is 4. The van der Waals surface area contributed by atoms with E-state index in [1.54, 1.807) is 21.9 Å². The summed E-state index contributed by atoms with van der Waals surface area (Å²) in [5, 5.41) is 1.55. The van der Waals surface area contributed by atoms with Crippen LogP contribution >= 0.6 is 0 Å². The zero-order valence-electron chi connectivity index (χ0n) is 24.7. The molecule has 0 nitrogen and oxygen atoms in total. The Balaban J connectivity index is 0.000000220. The summed E-state index contributed by atoms with van der Waals surface area (Å²) in [4.78, 5) is 0. The van der Waals surface area contributed by atoms with Crippen molar-refractivity contribution >= 4 is 14.7 Å². The molecule has 0 unspecified atom stereocenters. The second kappa shape index (κ2) is 19.0. The number of hydrogen-bond donors (Lipinski definition) is 0. The van der Waals surface area contributed by atoms with E-state index in [9.17, 15) is 0 Å². The Hall–Kier alpha value is -3.23. The van der Waals surface area contributed by atoms with Gasteiger partial charge in [0.1, 0.15) is 0 Å². The summed E-state index contributed by atoms with van der Waals surface area (Å²) in [5.74, 6) is 0. The Morgan fingerprint density at radius 3 is 1.56 bits per heavy atom. The first-order valence-corrected chi connectivity index (χ1v) is 15.3. The molecule has 5 aromatic carbocycles. The monoisotopic (exact) mass is 586 g/mol. The minimum Gasteiger partial charge on any atom is -0.210 e. The normalized spacial score (nSPS) is 11.1. The molecule has 0 aliphatic heterocycles. The van der Waals surface area contributed by atoms with E-state index in [2.05, 4.69) is 65.0 Å². The summed E-state index contributed by atoms with van der Waals surface area (Å²) < 4.78 is 0. The average Bonchev–Trinajstić information content (AvgIpc) is 3.39. The van der Waals surface area contributed by atoms with E-state index in [4.69, 9.17) is 0 Å². The Kier molecular flexibility index (Phi) is 15.7. The first-order chi connectivity index (χ1) is 19.4. The van der Waals surface area contributed by atoms with Crippen LogP contribution in [0.1, 0.15) is 57.3 Å². The standard InChI is InChI=1S/C18H21Si.3C7H7.Ti/c1-13-6-5-9-18(14(13)2)19-12-16-11-10-15-7-3-4-8-17(15)16;3*1-7-5-3-2-4-6-7;/h5-6,9-11H,3-4,7-8,12H2,1-2H3;3*2-6H,1H2;/q4*-1;+4. The second-order valence-corrected chi connectivity index (χ2v) is 11.4. The molecule has 5 aromatic rings. The second-order valence-electron chi connectivity index (χ2n) is 10.1. The summed E-state index contributed by atoms with van der Waals surface area (Å²) in [6.07, 6.45) is 5.39. The number of rotatable bonds is 3. The fraction of sp³-hybridized carbons (Fsp3) is 0.179. The summed E-state index contributed by atoms with van der Waals surface area (Å²) in [5.41, 5.74) is 11.1. The van der Waals surface area contributed by atoms with Gasteiger partial charge in [0.2, 0.25) is 0 Å². The van der Waals surface area contributed by atoms with Crippen molar-refractivity contribution < 1.29 is 21.7 Å². The van der Waals surface area contributed by atoms with Crippen LogP contribution in [0.15, 0.2) is 121 Å². The van der Waals surface area contributed by atoms with Crippen molar-refractivity contribution in [3.8, 4) is 0 Å². The quantitative estimate of drug-likeness (QED) is 0.146. The fourth-order valence-corrected chi connectivity index (χ4v) is 5.90. The van der Waals surface area contributed by atoms with E-state index >= 15 is 0 Å². The largest absolute Gasteiger partial charge is 4.00 e. The molecule has 0 saturated carbocycles. The molecule has 0 saturated heterocycles. The summed E-state index contributed by atoms with van der Waals surface area (Å²) >= 11 is 0. The topological polar surface area (TPSA) is 0 Å². The number of aryl methyl sites for hydroxylation is 2. The van der Waals surface area contributed by atoms with Gasteiger partial charge in [0.25, 0.3) is 0 Å². The molecule has 0 amide bonds. The van der Waals surface area contributed by atoms with Gasteiger partial charge in [-0.25, -0.2) is 6.07 Å². The molecular weight excluding hydrogens is 544 g/mol. The van der Waals surface area contributed by atoms with Gasteiger partial charge in [-0.05, 0) is 25.0 Å². The minimum absolute atomic E-state index is 0. The summed E-state index contributed by atoms with van der Waals surface area (Å²) in [6, 6.07) is 42.3.